The van der Waals surface area contributed by atoms with Gasteiger partial charge in [0.2, 0.25) is 5.91 Å². The molecule has 3 heteroatoms. The molecule has 0 bridgehead atoms. The first-order valence-electron chi connectivity index (χ1n) is 5.42. The van der Waals surface area contributed by atoms with Gasteiger partial charge in [0.05, 0.1) is 0 Å². The summed E-state index contributed by atoms with van der Waals surface area (Å²) in [6.45, 7) is 8.19. The summed E-state index contributed by atoms with van der Waals surface area (Å²) in [7, 11) is 0. The van der Waals surface area contributed by atoms with Crippen molar-refractivity contribution in [1.29, 1.82) is 0 Å². The summed E-state index contributed by atoms with van der Waals surface area (Å²) in [5.41, 5.74) is 0. The summed E-state index contributed by atoms with van der Waals surface area (Å²) in [6, 6.07) is 0.479. The second kappa shape index (κ2) is 5.81. The average Bonchev–Trinajstić information content (AvgIpc) is 2.26. The molecule has 1 fully saturated rings. The van der Waals surface area contributed by atoms with Crippen molar-refractivity contribution in [2.45, 2.75) is 32.2 Å². The van der Waals surface area contributed by atoms with E-state index >= 15 is 0 Å². The predicted molar refractivity (Wildman–Crippen MR) is 58.1 cm³/mol. The highest BCUT2D eigenvalue weighted by molar-refractivity contribution is 5.86. The highest BCUT2D eigenvalue weighted by Crippen LogP contribution is 2.08. The van der Waals surface area contributed by atoms with E-state index in [-0.39, 0.29) is 5.91 Å². The Morgan fingerprint density at radius 3 is 2.93 bits per heavy atom. The Morgan fingerprint density at radius 1 is 1.64 bits per heavy atom. The van der Waals surface area contributed by atoms with E-state index in [2.05, 4.69) is 11.9 Å². The van der Waals surface area contributed by atoms with E-state index in [1.807, 2.05) is 11.8 Å². The van der Waals surface area contributed by atoms with Gasteiger partial charge in [-0.15, -0.1) is 0 Å². The van der Waals surface area contributed by atoms with E-state index in [1.165, 1.54) is 25.3 Å². The van der Waals surface area contributed by atoms with Crippen molar-refractivity contribution in [3.63, 3.8) is 0 Å². The summed E-state index contributed by atoms with van der Waals surface area (Å²) in [6.07, 6.45) is 5.11. The van der Waals surface area contributed by atoms with Gasteiger partial charge in [0.1, 0.15) is 0 Å². The minimum absolute atomic E-state index is 0.0415. The number of carbonyl (C=O) groups is 1. The number of piperidine rings is 1. The molecule has 0 aromatic rings. The zero-order valence-corrected chi connectivity index (χ0v) is 8.96. The number of hydrogen-bond acceptors (Lipinski definition) is 2. The van der Waals surface area contributed by atoms with E-state index in [9.17, 15) is 4.79 Å². The second-order valence-corrected chi connectivity index (χ2v) is 3.73. The molecule has 1 aliphatic heterocycles. The van der Waals surface area contributed by atoms with Gasteiger partial charge in [-0.2, -0.15) is 0 Å². The Morgan fingerprint density at radius 2 is 2.43 bits per heavy atom. The number of amides is 1. The van der Waals surface area contributed by atoms with Crippen LogP contribution in [0.4, 0.5) is 0 Å². The molecule has 0 aromatic heterocycles. The van der Waals surface area contributed by atoms with Crippen LogP contribution in [0.15, 0.2) is 12.7 Å². The lowest BCUT2D eigenvalue weighted by Crippen LogP contribution is -2.45. The van der Waals surface area contributed by atoms with Gasteiger partial charge < -0.3 is 10.2 Å². The van der Waals surface area contributed by atoms with Gasteiger partial charge in [-0.1, -0.05) is 13.0 Å². The number of carbonyl (C=O) groups excluding carboxylic acids is 1. The summed E-state index contributed by atoms with van der Waals surface area (Å²) in [5, 5.41) is 3.43. The summed E-state index contributed by atoms with van der Waals surface area (Å²) >= 11 is 0. The molecule has 1 saturated heterocycles. The lowest BCUT2D eigenvalue weighted by molar-refractivity contribution is -0.126. The third kappa shape index (κ3) is 3.14. The normalized spacial score (nSPS) is 21.6. The van der Waals surface area contributed by atoms with Crippen LogP contribution in [0.5, 0.6) is 0 Å². The summed E-state index contributed by atoms with van der Waals surface area (Å²) in [5.74, 6) is 0.0415. The van der Waals surface area contributed by atoms with Crippen molar-refractivity contribution in [2.75, 3.05) is 19.6 Å². The standard InChI is InChI=1S/C11H20N2O/c1-3-11(14)13(4-2)9-10-7-5-6-8-12-10/h3,10,12H,1,4-9H2,2H3. The second-order valence-electron chi connectivity index (χ2n) is 3.73. The third-order valence-corrected chi connectivity index (χ3v) is 2.72. The maximum atomic E-state index is 11.4. The van der Waals surface area contributed by atoms with Crippen LogP contribution in [-0.2, 0) is 4.79 Å². The zero-order chi connectivity index (χ0) is 10.4. The summed E-state index contributed by atoms with van der Waals surface area (Å²) in [4.78, 5) is 13.2. The molecule has 0 aliphatic carbocycles. The van der Waals surface area contributed by atoms with Gasteiger partial charge in [0.25, 0.3) is 0 Å². The van der Waals surface area contributed by atoms with Crippen LogP contribution in [0.3, 0.4) is 0 Å². The average molecular weight is 196 g/mol. The van der Waals surface area contributed by atoms with Crippen molar-refractivity contribution in [3.05, 3.63) is 12.7 Å². The van der Waals surface area contributed by atoms with Gasteiger partial charge >= 0.3 is 0 Å². The quantitative estimate of drug-likeness (QED) is 0.684. The first-order chi connectivity index (χ1) is 6.77. The van der Waals surface area contributed by atoms with Crippen LogP contribution in [-0.4, -0.2) is 36.5 Å². The minimum Gasteiger partial charge on any atom is -0.338 e. The van der Waals surface area contributed by atoms with Crippen molar-refractivity contribution in [3.8, 4) is 0 Å². The highest BCUT2D eigenvalue weighted by Gasteiger charge is 2.17. The van der Waals surface area contributed by atoms with Crippen molar-refractivity contribution >= 4 is 5.91 Å². The molecular formula is C11H20N2O. The molecule has 1 heterocycles. The fourth-order valence-corrected chi connectivity index (χ4v) is 1.85. The number of likely N-dealkylation sites (N-methyl/N-ethyl adjacent to an activating group) is 1. The lowest BCUT2D eigenvalue weighted by Gasteiger charge is -2.29. The molecule has 1 N–H and O–H groups in total. The van der Waals surface area contributed by atoms with E-state index in [4.69, 9.17) is 0 Å². The van der Waals surface area contributed by atoms with Crippen molar-refractivity contribution in [2.24, 2.45) is 0 Å². The first-order valence-corrected chi connectivity index (χ1v) is 5.42. The summed E-state index contributed by atoms with van der Waals surface area (Å²) < 4.78 is 0. The minimum atomic E-state index is 0.0415. The van der Waals surface area contributed by atoms with Crippen LogP contribution in [0.2, 0.25) is 0 Å². The monoisotopic (exact) mass is 196 g/mol. The molecule has 1 unspecified atom stereocenters. The SMILES string of the molecule is C=CC(=O)N(CC)CC1CCCCN1. The highest BCUT2D eigenvalue weighted by atomic mass is 16.2. The fraction of sp³-hybridized carbons (Fsp3) is 0.727. The van der Waals surface area contributed by atoms with E-state index < -0.39 is 0 Å². The van der Waals surface area contributed by atoms with Gasteiger partial charge in [-0.3, -0.25) is 4.79 Å². The number of nitrogens with zero attached hydrogens (tertiary/aromatic N) is 1. The smallest absolute Gasteiger partial charge is 0.245 e. The molecule has 0 saturated carbocycles. The lowest BCUT2D eigenvalue weighted by atomic mass is 10.0. The largest absolute Gasteiger partial charge is 0.338 e. The van der Waals surface area contributed by atoms with E-state index in [1.54, 1.807) is 0 Å². The fourth-order valence-electron chi connectivity index (χ4n) is 1.85. The number of hydrogen-bond donors (Lipinski definition) is 1. The van der Waals surface area contributed by atoms with Gasteiger partial charge in [0, 0.05) is 19.1 Å². The topological polar surface area (TPSA) is 32.3 Å². The van der Waals surface area contributed by atoms with Crippen LogP contribution in [0.25, 0.3) is 0 Å². The Kier molecular flexibility index (Phi) is 4.66. The van der Waals surface area contributed by atoms with Gasteiger partial charge in [-0.05, 0) is 32.4 Å². The molecule has 0 spiro atoms. The van der Waals surface area contributed by atoms with Crippen molar-refractivity contribution < 1.29 is 4.79 Å². The number of rotatable bonds is 4. The molecule has 1 atom stereocenters. The Balaban J connectivity index is 2.38. The molecule has 80 valence electrons. The van der Waals surface area contributed by atoms with Crippen LogP contribution in [0.1, 0.15) is 26.2 Å². The third-order valence-electron chi connectivity index (χ3n) is 2.72. The zero-order valence-electron chi connectivity index (χ0n) is 8.96. The Labute approximate surface area is 86.2 Å². The van der Waals surface area contributed by atoms with E-state index in [0.29, 0.717) is 6.04 Å². The maximum absolute atomic E-state index is 11.4. The molecule has 0 aromatic carbocycles. The van der Waals surface area contributed by atoms with Gasteiger partial charge in [0.15, 0.2) is 0 Å². The molecule has 14 heavy (non-hydrogen) atoms. The molecule has 1 rings (SSSR count). The molecule has 3 nitrogen and oxygen atoms in total. The van der Waals surface area contributed by atoms with Crippen molar-refractivity contribution in [1.82, 2.24) is 10.2 Å². The van der Waals surface area contributed by atoms with Crippen LogP contribution >= 0.6 is 0 Å². The van der Waals surface area contributed by atoms with Crippen LogP contribution < -0.4 is 5.32 Å². The molecule has 1 aliphatic rings. The van der Waals surface area contributed by atoms with Crippen LogP contribution in [0, 0.1) is 0 Å². The van der Waals surface area contributed by atoms with E-state index in [0.717, 1.165) is 19.6 Å². The van der Waals surface area contributed by atoms with Gasteiger partial charge in [-0.25, -0.2) is 0 Å². The predicted octanol–water partition coefficient (Wildman–Crippen LogP) is 1.16. The molecule has 1 amide bonds. The Hall–Kier alpha value is -0.830. The Bertz CT molecular complexity index is 197. The first kappa shape index (κ1) is 11.2. The number of nitrogens with one attached hydrogen (secondary N) is 1. The maximum Gasteiger partial charge on any atom is 0.245 e. The molecule has 0 radical (unpaired) electrons. The molecular weight excluding hydrogens is 176 g/mol.